The van der Waals surface area contributed by atoms with Gasteiger partial charge in [0.2, 0.25) is 0 Å². The lowest BCUT2D eigenvalue weighted by Crippen LogP contribution is -2.62. The topological polar surface area (TPSA) is 41.6 Å². The van der Waals surface area contributed by atoms with Gasteiger partial charge in [-0.1, -0.05) is 32.6 Å². The van der Waals surface area contributed by atoms with Gasteiger partial charge >= 0.3 is 6.09 Å². The van der Waals surface area contributed by atoms with Crippen LogP contribution in [0.15, 0.2) is 0 Å². The largest absolute Gasteiger partial charge is 0.444 e. The van der Waals surface area contributed by atoms with E-state index in [0.29, 0.717) is 12.1 Å². The van der Waals surface area contributed by atoms with Crippen LogP contribution in [-0.2, 0) is 4.74 Å². The van der Waals surface area contributed by atoms with Crippen molar-refractivity contribution in [3.05, 3.63) is 0 Å². The molecule has 0 spiro atoms. The van der Waals surface area contributed by atoms with Crippen LogP contribution >= 0.6 is 0 Å². The molecule has 1 rings (SSSR count). The summed E-state index contributed by atoms with van der Waals surface area (Å²) in [7, 11) is 0. The van der Waals surface area contributed by atoms with Crippen molar-refractivity contribution in [2.24, 2.45) is 0 Å². The van der Waals surface area contributed by atoms with Gasteiger partial charge in [-0.15, -0.1) is 0 Å². The summed E-state index contributed by atoms with van der Waals surface area (Å²) < 4.78 is 5.35. The predicted molar refractivity (Wildman–Crippen MR) is 83.0 cm³/mol. The lowest BCUT2D eigenvalue weighted by Gasteiger charge is -2.41. The number of rotatable bonds is 7. The Balaban J connectivity index is 2.10. The average Bonchev–Trinajstić information content (AvgIpc) is 2.26. The molecule has 0 bridgehead atoms. The Morgan fingerprint density at radius 3 is 2.50 bits per heavy atom. The molecular weight excluding hydrogens is 252 g/mol. The molecule has 0 saturated carbocycles. The second-order valence-electron chi connectivity index (χ2n) is 7.00. The van der Waals surface area contributed by atoms with Crippen LogP contribution in [0.2, 0.25) is 0 Å². The SMILES string of the molecule is CCCCCCC(C)NC1CN(C(=O)OC(C)(C)C)C1. The second kappa shape index (κ2) is 7.87. The van der Waals surface area contributed by atoms with Gasteiger partial charge in [0.25, 0.3) is 0 Å². The molecule has 0 radical (unpaired) electrons. The molecule has 1 heterocycles. The molecule has 1 atom stereocenters. The molecule has 0 aromatic carbocycles. The number of hydrogen-bond donors (Lipinski definition) is 1. The molecular formula is C16H32N2O2. The van der Waals surface area contributed by atoms with Crippen LogP contribution in [-0.4, -0.2) is 41.8 Å². The fourth-order valence-corrected chi connectivity index (χ4v) is 2.42. The first kappa shape index (κ1) is 17.3. The number of ether oxygens (including phenoxy) is 1. The van der Waals surface area contributed by atoms with Gasteiger partial charge in [-0.3, -0.25) is 0 Å². The fraction of sp³-hybridized carbons (Fsp3) is 0.938. The van der Waals surface area contributed by atoms with Crippen LogP contribution in [0.3, 0.4) is 0 Å². The third-order valence-electron chi connectivity index (χ3n) is 3.54. The van der Waals surface area contributed by atoms with Crippen LogP contribution in [0, 0.1) is 0 Å². The molecule has 118 valence electrons. The van der Waals surface area contributed by atoms with E-state index in [4.69, 9.17) is 4.74 Å². The lowest BCUT2D eigenvalue weighted by atomic mass is 10.0. The van der Waals surface area contributed by atoms with Gasteiger partial charge in [0.05, 0.1) is 0 Å². The van der Waals surface area contributed by atoms with Crippen LogP contribution in [0.25, 0.3) is 0 Å². The number of unbranched alkanes of at least 4 members (excludes halogenated alkanes) is 3. The van der Waals surface area contributed by atoms with Gasteiger partial charge in [-0.2, -0.15) is 0 Å². The molecule has 1 saturated heterocycles. The Kier molecular flexibility index (Phi) is 6.80. The molecule has 1 fully saturated rings. The van der Waals surface area contributed by atoms with Crippen molar-refractivity contribution in [2.45, 2.75) is 84.4 Å². The van der Waals surface area contributed by atoms with Gasteiger partial charge in [0, 0.05) is 25.2 Å². The summed E-state index contributed by atoms with van der Waals surface area (Å²) in [6.45, 7) is 11.7. The molecule has 4 heteroatoms. The highest BCUT2D eigenvalue weighted by Gasteiger charge is 2.33. The van der Waals surface area contributed by atoms with Crippen molar-refractivity contribution in [3.63, 3.8) is 0 Å². The molecule has 0 aromatic heterocycles. The van der Waals surface area contributed by atoms with E-state index in [1.54, 1.807) is 4.90 Å². The molecule has 20 heavy (non-hydrogen) atoms. The van der Waals surface area contributed by atoms with E-state index in [0.717, 1.165) is 13.1 Å². The quantitative estimate of drug-likeness (QED) is 0.727. The zero-order chi connectivity index (χ0) is 15.2. The van der Waals surface area contributed by atoms with Gasteiger partial charge in [0.1, 0.15) is 5.60 Å². The zero-order valence-electron chi connectivity index (χ0n) is 13.9. The van der Waals surface area contributed by atoms with E-state index in [-0.39, 0.29) is 6.09 Å². The average molecular weight is 284 g/mol. The number of likely N-dealkylation sites (tertiary alicyclic amines) is 1. The highest BCUT2D eigenvalue weighted by atomic mass is 16.6. The maximum absolute atomic E-state index is 11.8. The van der Waals surface area contributed by atoms with Crippen molar-refractivity contribution in [3.8, 4) is 0 Å². The van der Waals surface area contributed by atoms with Crippen LogP contribution in [0.4, 0.5) is 4.79 Å². The highest BCUT2D eigenvalue weighted by molar-refractivity contribution is 5.69. The first-order valence-electron chi connectivity index (χ1n) is 8.05. The molecule has 1 unspecified atom stereocenters. The van der Waals surface area contributed by atoms with Crippen molar-refractivity contribution in [2.75, 3.05) is 13.1 Å². The monoisotopic (exact) mass is 284 g/mol. The van der Waals surface area contributed by atoms with Crippen LogP contribution in [0.5, 0.6) is 0 Å². The molecule has 0 aliphatic carbocycles. The van der Waals surface area contributed by atoms with E-state index in [1.165, 1.54) is 32.1 Å². The first-order chi connectivity index (χ1) is 9.31. The van der Waals surface area contributed by atoms with E-state index in [9.17, 15) is 4.79 Å². The first-order valence-corrected chi connectivity index (χ1v) is 8.05. The molecule has 1 N–H and O–H groups in total. The Bertz CT molecular complexity index is 293. The Hall–Kier alpha value is -0.770. The van der Waals surface area contributed by atoms with Crippen LogP contribution < -0.4 is 5.32 Å². The molecule has 4 nitrogen and oxygen atoms in total. The number of nitrogens with one attached hydrogen (secondary N) is 1. The van der Waals surface area contributed by atoms with E-state index in [2.05, 4.69) is 19.2 Å². The predicted octanol–water partition coefficient (Wildman–Crippen LogP) is 3.55. The Labute approximate surface area is 124 Å². The second-order valence-corrected chi connectivity index (χ2v) is 7.00. The van der Waals surface area contributed by atoms with Gasteiger partial charge < -0.3 is 15.0 Å². The maximum atomic E-state index is 11.8. The van der Waals surface area contributed by atoms with E-state index >= 15 is 0 Å². The summed E-state index contributed by atoms with van der Waals surface area (Å²) in [6.07, 6.45) is 6.29. The van der Waals surface area contributed by atoms with Crippen molar-refractivity contribution in [1.29, 1.82) is 0 Å². The molecule has 1 amide bonds. The van der Waals surface area contributed by atoms with E-state index < -0.39 is 5.60 Å². The lowest BCUT2D eigenvalue weighted by molar-refractivity contribution is 0.00424. The van der Waals surface area contributed by atoms with Crippen molar-refractivity contribution < 1.29 is 9.53 Å². The molecule has 1 aliphatic heterocycles. The number of nitrogens with zero attached hydrogens (tertiary/aromatic N) is 1. The van der Waals surface area contributed by atoms with Gasteiger partial charge in [-0.25, -0.2) is 4.79 Å². The van der Waals surface area contributed by atoms with Crippen molar-refractivity contribution in [1.82, 2.24) is 10.2 Å². The van der Waals surface area contributed by atoms with Crippen LogP contribution in [0.1, 0.15) is 66.7 Å². The zero-order valence-corrected chi connectivity index (χ0v) is 13.9. The smallest absolute Gasteiger partial charge is 0.410 e. The van der Waals surface area contributed by atoms with Gasteiger partial charge in [-0.05, 0) is 34.1 Å². The number of hydrogen-bond acceptors (Lipinski definition) is 3. The summed E-state index contributed by atoms with van der Waals surface area (Å²) in [4.78, 5) is 13.6. The minimum atomic E-state index is -0.401. The van der Waals surface area contributed by atoms with Gasteiger partial charge in [0.15, 0.2) is 0 Å². The summed E-state index contributed by atoms with van der Waals surface area (Å²) in [6, 6.07) is 0.973. The summed E-state index contributed by atoms with van der Waals surface area (Å²) in [5.41, 5.74) is -0.401. The Morgan fingerprint density at radius 2 is 1.95 bits per heavy atom. The summed E-state index contributed by atoms with van der Waals surface area (Å²) in [5.74, 6) is 0. The minimum Gasteiger partial charge on any atom is -0.444 e. The number of carbonyl (C=O) groups is 1. The number of carbonyl (C=O) groups excluding carboxylic acids is 1. The number of amides is 1. The standard InChI is InChI=1S/C16H32N2O2/c1-6-7-8-9-10-13(2)17-14-11-18(12-14)15(19)20-16(3,4)5/h13-14,17H,6-12H2,1-5H3. The minimum absolute atomic E-state index is 0.189. The third-order valence-corrected chi connectivity index (χ3v) is 3.54. The normalized spacial score (nSPS) is 17.8. The maximum Gasteiger partial charge on any atom is 0.410 e. The summed E-state index contributed by atoms with van der Waals surface area (Å²) in [5, 5.41) is 3.59. The third kappa shape index (κ3) is 6.60. The molecule has 1 aliphatic rings. The van der Waals surface area contributed by atoms with Crippen molar-refractivity contribution >= 4 is 6.09 Å². The summed E-state index contributed by atoms with van der Waals surface area (Å²) >= 11 is 0. The highest BCUT2D eigenvalue weighted by Crippen LogP contribution is 2.16. The molecule has 0 aromatic rings. The Morgan fingerprint density at radius 1 is 1.30 bits per heavy atom. The van der Waals surface area contributed by atoms with E-state index in [1.807, 2.05) is 20.8 Å². The fourth-order valence-electron chi connectivity index (χ4n) is 2.42.